The van der Waals surface area contributed by atoms with Gasteiger partial charge < -0.3 is 9.64 Å². The van der Waals surface area contributed by atoms with E-state index >= 15 is 0 Å². The molecule has 2 rings (SSSR count). The van der Waals surface area contributed by atoms with Crippen LogP contribution in [0.3, 0.4) is 0 Å². The van der Waals surface area contributed by atoms with Crippen LogP contribution in [0.1, 0.15) is 98.3 Å². The molecule has 1 heterocycles. The lowest BCUT2D eigenvalue weighted by molar-refractivity contribution is -0.0203. The van der Waals surface area contributed by atoms with Crippen LogP contribution < -0.4 is 0 Å². The highest BCUT2D eigenvalue weighted by Crippen LogP contribution is 2.31. The molecule has 0 amide bonds. The average Bonchev–Trinajstić information content (AvgIpc) is 3.06. The summed E-state index contributed by atoms with van der Waals surface area (Å²) in [6, 6.07) is 0. The zero-order valence-electron chi connectivity index (χ0n) is 17.6. The van der Waals surface area contributed by atoms with Crippen molar-refractivity contribution in [2.45, 2.75) is 111 Å². The van der Waals surface area contributed by atoms with Gasteiger partial charge in [0, 0.05) is 6.54 Å². The highest BCUT2D eigenvalue weighted by atomic mass is 16.5. The number of ether oxygens (including phenoxy) is 1. The molecule has 0 N–H and O–H groups in total. The van der Waals surface area contributed by atoms with Crippen LogP contribution >= 0.6 is 0 Å². The molecule has 25 heavy (non-hydrogen) atoms. The quantitative estimate of drug-likeness (QED) is 0.406. The van der Waals surface area contributed by atoms with Crippen LogP contribution in [0.15, 0.2) is 0 Å². The Balaban J connectivity index is 1.50. The fourth-order valence-corrected chi connectivity index (χ4v) is 5.00. The van der Waals surface area contributed by atoms with Crippen LogP contribution in [0.5, 0.6) is 0 Å². The molecule has 0 spiro atoms. The molecule has 2 atom stereocenters. The molecule has 0 aromatic rings. The maximum Gasteiger partial charge on any atom is 0.0578 e. The van der Waals surface area contributed by atoms with Crippen molar-refractivity contribution in [2.75, 3.05) is 19.6 Å². The van der Waals surface area contributed by atoms with Gasteiger partial charge in [-0.1, -0.05) is 46.0 Å². The van der Waals surface area contributed by atoms with E-state index in [1.54, 1.807) is 0 Å². The Hall–Kier alpha value is -0.0800. The zero-order valence-corrected chi connectivity index (χ0v) is 17.6. The van der Waals surface area contributed by atoms with Crippen molar-refractivity contribution in [3.63, 3.8) is 0 Å². The van der Waals surface area contributed by atoms with Gasteiger partial charge >= 0.3 is 0 Å². The standard InChI is InChI=1S/C23H45NO/c1-5-6-9-20(4)22-15-17-24(18-22)16-8-7-10-21-11-13-23(14-12-21)25-19(2)3/h19-23H,5-18H2,1-4H3. The van der Waals surface area contributed by atoms with Crippen LogP contribution in [0.2, 0.25) is 0 Å². The van der Waals surface area contributed by atoms with Gasteiger partial charge in [-0.2, -0.15) is 0 Å². The summed E-state index contributed by atoms with van der Waals surface area (Å²) < 4.78 is 5.98. The Bertz CT molecular complexity index is 335. The minimum atomic E-state index is 0.399. The topological polar surface area (TPSA) is 12.5 Å². The second kappa shape index (κ2) is 11.6. The molecule has 0 aromatic heterocycles. The highest BCUT2D eigenvalue weighted by Gasteiger charge is 2.26. The van der Waals surface area contributed by atoms with E-state index in [0.717, 1.165) is 17.8 Å². The van der Waals surface area contributed by atoms with Gasteiger partial charge in [0.25, 0.3) is 0 Å². The SMILES string of the molecule is CCCCC(C)C1CCN(CCCCC2CCC(OC(C)C)CC2)C1. The molecule has 2 aliphatic rings. The Morgan fingerprint density at radius 1 is 0.960 bits per heavy atom. The molecule has 1 aliphatic carbocycles. The normalized spacial score (nSPS) is 29.4. The van der Waals surface area contributed by atoms with Gasteiger partial charge in [-0.15, -0.1) is 0 Å². The lowest BCUT2D eigenvalue weighted by Gasteiger charge is -2.30. The van der Waals surface area contributed by atoms with Gasteiger partial charge in [0.05, 0.1) is 12.2 Å². The Morgan fingerprint density at radius 2 is 1.72 bits per heavy atom. The van der Waals surface area contributed by atoms with Crippen molar-refractivity contribution in [1.82, 2.24) is 4.90 Å². The lowest BCUT2D eigenvalue weighted by atomic mass is 9.84. The molecule has 2 heteroatoms. The first-order chi connectivity index (χ1) is 12.1. The number of likely N-dealkylation sites (tertiary alicyclic amines) is 1. The van der Waals surface area contributed by atoms with Gasteiger partial charge in [-0.3, -0.25) is 0 Å². The van der Waals surface area contributed by atoms with Gasteiger partial charge in [-0.25, -0.2) is 0 Å². The summed E-state index contributed by atoms with van der Waals surface area (Å²) in [5, 5.41) is 0. The van der Waals surface area contributed by atoms with Crippen LogP contribution in [0.4, 0.5) is 0 Å². The summed E-state index contributed by atoms with van der Waals surface area (Å²) in [6.07, 6.45) is 16.3. The first kappa shape index (κ1) is 21.2. The fourth-order valence-electron chi connectivity index (χ4n) is 5.00. The predicted molar refractivity (Wildman–Crippen MR) is 109 cm³/mol. The monoisotopic (exact) mass is 351 g/mol. The van der Waals surface area contributed by atoms with E-state index in [1.807, 2.05) is 0 Å². The maximum absolute atomic E-state index is 5.98. The molecule has 0 radical (unpaired) electrons. The minimum absolute atomic E-state index is 0.399. The largest absolute Gasteiger partial charge is 0.376 e. The number of unbranched alkanes of at least 4 members (excludes halogenated alkanes) is 2. The second-order valence-corrected chi connectivity index (χ2v) is 9.29. The zero-order chi connectivity index (χ0) is 18.1. The summed E-state index contributed by atoms with van der Waals surface area (Å²) in [6.45, 7) is 13.2. The molecule has 2 nitrogen and oxygen atoms in total. The van der Waals surface area contributed by atoms with E-state index < -0.39 is 0 Å². The second-order valence-electron chi connectivity index (χ2n) is 9.29. The Morgan fingerprint density at radius 3 is 2.40 bits per heavy atom. The van der Waals surface area contributed by atoms with Gasteiger partial charge in [0.2, 0.25) is 0 Å². The minimum Gasteiger partial charge on any atom is -0.376 e. The van der Waals surface area contributed by atoms with Crippen molar-refractivity contribution in [3.8, 4) is 0 Å². The Labute approximate surface area is 158 Å². The molecular weight excluding hydrogens is 306 g/mol. The average molecular weight is 352 g/mol. The third-order valence-corrected chi connectivity index (χ3v) is 6.72. The van der Waals surface area contributed by atoms with Crippen molar-refractivity contribution < 1.29 is 4.74 Å². The maximum atomic E-state index is 5.98. The van der Waals surface area contributed by atoms with E-state index in [-0.39, 0.29) is 0 Å². The molecule has 1 saturated carbocycles. The van der Waals surface area contributed by atoms with Crippen LogP contribution in [0.25, 0.3) is 0 Å². The van der Waals surface area contributed by atoms with Crippen molar-refractivity contribution in [1.29, 1.82) is 0 Å². The third kappa shape index (κ3) is 7.99. The predicted octanol–water partition coefficient (Wildman–Crippen LogP) is 6.29. The van der Waals surface area contributed by atoms with E-state index in [9.17, 15) is 0 Å². The first-order valence-electron chi connectivity index (χ1n) is 11.5. The molecule has 1 saturated heterocycles. The summed E-state index contributed by atoms with van der Waals surface area (Å²) in [5.74, 6) is 2.89. The molecule has 2 fully saturated rings. The first-order valence-corrected chi connectivity index (χ1v) is 11.5. The van der Waals surface area contributed by atoms with Crippen LogP contribution in [-0.4, -0.2) is 36.7 Å². The van der Waals surface area contributed by atoms with E-state index in [4.69, 9.17) is 4.74 Å². The van der Waals surface area contributed by atoms with Crippen LogP contribution in [-0.2, 0) is 4.74 Å². The smallest absolute Gasteiger partial charge is 0.0578 e. The number of hydrogen-bond acceptors (Lipinski definition) is 2. The van der Waals surface area contributed by atoms with Crippen molar-refractivity contribution in [3.05, 3.63) is 0 Å². The molecule has 2 unspecified atom stereocenters. The summed E-state index contributed by atoms with van der Waals surface area (Å²) >= 11 is 0. The van der Waals surface area contributed by atoms with E-state index in [1.165, 1.54) is 90.3 Å². The van der Waals surface area contributed by atoms with Crippen molar-refractivity contribution >= 4 is 0 Å². The number of rotatable bonds is 11. The van der Waals surface area contributed by atoms with Gasteiger partial charge in [-0.05, 0) is 83.2 Å². The molecule has 148 valence electrons. The fraction of sp³-hybridized carbons (Fsp3) is 1.00. The highest BCUT2D eigenvalue weighted by molar-refractivity contribution is 4.79. The number of nitrogens with zero attached hydrogens (tertiary/aromatic N) is 1. The molecule has 0 aromatic carbocycles. The third-order valence-electron chi connectivity index (χ3n) is 6.72. The Kier molecular flexibility index (Phi) is 9.84. The summed E-state index contributed by atoms with van der Waals surface area (Å²) in [5.41, 5.74) is 0. The lowest BCUT2D eigenvalue weighted by Crippen LogP contribution is -2.25. The van der Waals surface area contributed by atoms with Crippen molar-refractivity contribution in [2.24, 2.45) is 17.8 Å². The molecule has 0 bridgehead atoms. The molecular formula is C23H45NO. The van der Waals surface area contributed by atoms with Gasteiger partial charge in [0.1, 0.15) is 0 Å². The summed E-state index contributed by atoms with van der Waals surface area (Å²) in [7, 11) is 0. The van der Waals surface area contributed by atoms with E-state index in [0.29, 0.717) is 12.2 Å². The van der Waals surface area contributed by atoms with Crippen LogP contribution in [0, 0.1) is 17.8 Å². The molecule has 1 aliphatic heterocycles. The summed E-state index contributed by atoms with van der Waals surface area (Å²) in [4.78, 5) is 2.75. The van der Waals surface area contributed by atoms with E-state index in [2.05, 4.69) is 32.6 Å². The van der Waals surface area contributed by atoms with Gasteiger partial charge in [0.15, 0.2) is 0 Å². The number of hydrogen-bond donors (Lipinski definition) is 0.